The Bertz CT molecular complexity index is 962. The molecular weight excluding hydrogens is 426 g/mol. The third-order valence-electron chi connectivity index (χ3n) is 6.94. The molecule has 5 nitrogen and oxygen atoms in total. The number of aliphatic hydroxyl groups is 1. The fourth-order valence-electron chi connectivity index (χ4n) is 5.19. The molecular formula is C26H32F2N2O3. The van der Waals surface area contributed by atoms with Crippen molar-refractivity contribution in [2.75, 3.05) is 39.9 Å². The molecule has 2 saturated heterocycles. The lowest BCUT2D eigenvalue weighted by Gasteiger charge is -2.39. The second-order valence-corrected chi connectivity index (χ2v) is 9.66. The molecule has 0 bridgehead atoms. The summed E-state index contributed by atoms with van der Waals surface area (Å²) in [4.78, 5) is 17.5. The Balaban J connectivity index is 1.43. The lowest BCUT2D eigenvalue weighted by molar-refractivity contribution is -0.148. The molecule has 0 unspecified atom stereocenters. The van der Waals surface area contributed by atoms with E-state index in [1.54, 1.807) is 35.2 Å². The van der Waals surface area contributed by atoms with Crippen LogP contribution in [0, 0.1) is 17.0 Å². The van der Waals surface area contributed by atoms with E-state index in [4.69, 9.17) is 4.74 Å². The SMILES string of the molecule is CN(Cc1ccc(F)cc1)C[C@]1(O)CCN(C(=O)C2(Cc3ccccc3F)CCOCC2)C1. The zero-order valence-electron chi connectivity index (χ0n) is 19.1. The molecule has 0 spiro atoms. The number of hydrogen-bond acceptors (Lipinski definition) is 4. The summed E-state index contributed by atoms with van der Waals surface area (Å²) < 4.78 is 33.1. The number of likely N-dealkylation sites (N-methyl/N-ethyl adjacent to an activating group) is 1. The standard InChI is InChI=1S/C26H32F2N2O3/c1-29(17-20-6-8-22(27)9-7-20)18-26(32)10-13-30(19-26)24(31)25(11-14-33-15-12-25)16-21-4-2-3-5-23(21)28/h2-9,32H,10-19H2,1H3/t26-/m1/s1. The summed E-state index contributed by atoms with van der Waals surface area (Å²) in [6.45, 7) is 2.64. The number of hydrogen-bond donors (Lipinski definition) is 1. The van der Waals surface area contributed by atoms with Gasteiger partial charge in [-0.1, -0.05) is 30.3 Å². The van der Waals surface area contributed by atoms with Crippen molar-refractivity contribution < 1.29 is 23.4 Å². The molecule has 33 heavy (non-hydrogen) atoms. The normalized spacial score (nSPS) is 22.6. The van der Waals surface area contributed by atoms with E-state index in [1.165, 1.54) is 18.2 Å². The topological polar surface area (TPSA) is 53.0 Å². The minimum absolute atomic E-state index is 0.0221. The van der Waals surface area contributed by atoms with Crippen LogP contribution in [0.3, 0.4) is 0 Å². The van der Waals surface area contributed by atoms with E-state index >= 15 is 0 Å². The molecule has 2 aliphatic rings. The van der Waals surface area contributed by atoms with Gasteiger partial charge in [0, 0.05) is 32.8 Å². The van der Waals surface area contributed by atoms with Crippen molar-refractivity contribution in [2.45, 2.75) is 37.8 Å². The highest BCUT2D eigenvalue weighted by molar-refractivity contribution is 5.83. The van der Waals surface area contributed by atoms with E-state index in [2.05, 4.69) is 0 Å². The van der Waals surface area contributed by atoms with Gasteiger partial charge in [0.25, 0.3) is 0 Å². The maximum absolute atomic E-state index is 14.4. The van der Waals surface area contributed by atoms with Crippen molar-refractivity contribution in [3.05, 3.63) is 71.3 Å². The van der Waals surface area contributed by atoms with Crippen LogP contribution in [0.5, 0.6) is 0 Å². The van der Waals surface area contributed by atoms with Gasteiger partial charge in [-0.25, -0.2) is 8.78 Å². The van der Waals surface area contributed by atoms with Crippen molar-refractivity contribution in [2.24, 2.45) is 5.41 Å². The number of carbonyl (C=O) groups excluding carboxylic acids is 1. The Morgan fingerprint density at radius 1 is 1.09 bits per heavy atom. The van der Waals surface area contributed by atoms with Crippen LogP contribution in [0.2, 0.25) is 0 Å². The summed E-state index contributed by atoms with van der Waals surface area (Å²) in [5.41, 5.74) is -0.235. The third kappa shape index (κ3) is 5.60. The Hall–Kier alpha value is -2.35. The number of likely N-dealkylation sites (tertiary alicyclic amines) is 1. The molecule has 2 aromatic carbocycles. The number of nitrogens with zero attached hydrogens (tertiary/aromatic N) is 2. The zero-order valence-corrected chi connectivity index (χ0v) is 19.1. The van der Waals surface area contributed by atoms with Gasteiger partial charge >= 0.3 is 0 Å². The number of benzene rings is 2. The molecule has 4 rings (SSSR count). The van der Waals surface area contributed by atoms with Crippen LogP contribution in [0.1, 0.15) is 30.4 Å². The zero-order chi connectivity index (χ0) is 23.5. The fraction of sp³-hybridized carbons (Fsp3) is 0.500. The smallest absolute Gasteiger partial charge is 0.229 e. The Labute approximate surface area is 194 Å². The maximum Gasteiger partial charge on any atom is 0.229 e. The van der Waals surface area contributed by atoms with E-state index < -0.39 is 11.0 Å². The van der Waals surface area contributed by atoms with Gasteiger partial charge in [0.2, 0.25) is 5.91 Å². The minimum atomic E-state index is -1.02. The maximum atomic E-state index is 14.4. The minimum Gasteiger partial charge on any atom is -0.387 e. The summed E-state index contributed by atoms with van der Waals surface area (Å²) in [5, 5.41) is 11.2. The van der Waals surface area contributed by atoms with E-state index in [0.717, 1.165) is 5.56 Å². The summed E-state index contributed by atoms with van der Waals surface area (Å²) in [7, 11) is 1.91. The highest BCUT2D eigenvalue weighted by Gasteiger charge is 2.47. The van der Waals surface area contributed by atoms with Crippen molar-refractivity contribution >= 4 is 5.91 Å². The molecule has 0 aliphatic carbocycles. The van der Waals surface area contributed by atoms with Gasteiger partial charge in [-0.2, -0.15) is 0 Å². The molecule has 1 amide bonds. The number of ether oxygens (including phenoxy) is 1. The second-order valence-electron chi connectivity index (χ2n) is 9.66. The van der Waals surface area contributed by atoms with Gasteiger partial charge in [0.1, 0.15) is 11.6 Å². The molecule has 2 fully saturated rings. The predicted molar refractivity (Wildman–Crippen MR) is 121 cm³/mol. The molecule has 1 atom stereocenters. The monoisotopic (exact) mass is 458 g/mol. The van der Waals surface area contributed by atoms with Gasteiger partial charge in [-0.3, -0.25) is 9.69 Å². The summed E-state index contributed by atoms with van der Waals surface area (Å²) >= 11 is 0. The highest BCUT2D eigenvalue weighted by Crippen LogP contribution is 2.39. The van der Waals surface area contributed by atoms with Crippen LogP contribution >= 0.6 is 0 Å². The third-order valence-corrected chi connectivity index (χ3v) is 6.94. The quantitative estimate of drug-likeness (QED) is 0.691. The largest absolute Gasteiger partial charge is 0.387 e. The van der Waals surface area contributed by atoms with Gasteiger partial charge in [-0.15, -0.1) is 0 Å². The molecule has 2 aromatic rings. The first kappa shape index (κ1) is 23.8. The molecule has 7 heteroatoms. The lowest BCUT2D eigenvalue weighted by Crippen LogP contribution is -2.50. The molecule has 1 N–H and O–H groups in total. The van der Waals surface area contributed by atoms with E-state index in [9.17, 15) is 18.7 Å². The average molecular weight is 459 g/mol. The van der Waals surface area contributed by atoms with Crippen LogP contribution in [-0.4, -0.2) is 66.3 Å². The first-order chi connectivity index (χ1) is 15.8. The first-order valence-corrected chi connectivity index (χ1v) is 11.5. The number of halogens is 2. The van der Waals surface area contributed by atoms with Gasteiger partial charge < -0.3 is 14.7 Å². The summed E-state index contributed by atoms with van der Waals surface area (Å²) in [5.74, 6) is -0.593. The van der Waals surface area contributed by atoms with Crippen LogP contribution in [0.15, 0.2) is 48.5 Å². The Kier molecular flexibility index (Phi) is 7.12. The number of rotatable bonds is 7. The lowest BCUT2D eigenvalue weighted by atomic mass is 9.74. The van der Waals surface area contributed by atoms with E-state index in [1.807, 2.05) is 11.9 Å². The highest BCUT2D eigenvalue weighted by atomic mass is 19.1. The number of β-amino-alcohol motifs (C(OH)–C–C–N with tert-alkyl or cyclic N) is 1. The summed E-state index contributed by atoms with van der Waals surface area (Å²) in [6, 6.07) is 12.9. The fourth-order valence-corrected chi connectivity index (χ4v) is 5.19. The molecule has 178 valence electrons. The van der Waals surface area contributed by atoms with Crippen LogP contribution in [-0.2, 0) is 22.5 Å². The van der Waals surface area contributed by atoms with Crippen LogP contribution in [0.4, 0.5) is 8.78 Å². The number of amides is 1. The summed E-state index contributed by atoms with van der Waals surface area (Å²) in [6.07, 6.45) is 1.90. The van der Waals surface area contributed by atoms with Crippen LogP contribution in [0.25, 0.3) is 0 Å². The molecule has 2 aliphatic heterocycles. The average Bonchev–Trinajstić information content (AvgIpc) is 3.18. The van der Waals surface area contributed by atoms with Crippen molar-refractivity contribution in [1.82, 2.24) is 9.80 Å². The Morgan fingerprint density at radius 3 is 2.48 bits per heavy atom. The van der Waals surface area contributed by atoms with E-state index in [-0.39, 0.29) is 24.1 Å². The van der Waals surface area contributed by atoms with Gasteiger partial charge in [0.05, 0.1) is 17.6 Å². The van der Waals surface area contributed by atoms with Crippen molar-refractivity contribution in [3.8, 4) is 0 Å². The first-order valence-electron chi connectivity index (χ1n) is 11.5. The van der Waals surface area contributed by atoms with Crippen molar-refractivity contribution in [3.63, 3.8) is 0 Å². The molecule has 0 saturated carbocycles. The van der Waals surface area contributed by atoms with Crippen molar-refractivity contribution in [1.29, 1.82) is 0 Å². The van der Waals surface area contributed by atoms with E-state index in [0.29, 0.717) is 64.1 Å². The molecule has 0 radical (unpaired) electrons. The second kappa shape index (κ2) is 9.87. The molecule has 2 heterocycles. The number of carbonyl (C=O) groups is 1. The molecule has 0 aromatic heterocycles. The van der Waals surface area contributed by atoms with Crippen LogP contribution < -0.4 is 0 Å². The Morgan fingerprint density at radius 2 is 1.79 bits per heavy atom. The van der Waals surface area contributed by atoms with Gasteiger partial charge in [0.15, 0.2) is 0 Å². The van der Waals surface area contributed by atoms with Gasteiger partial charge in [-0.05, 0) is 62.1 Å². The predicted octanol–water partition coefficient (Wildman–Crippen LogP) is 3.40.